The summed E-state index contributed by atoms with van der Waals surface area (Å²) >= 11 is 1.29. The molecule has 3 rings (SSSR count). The molecule has 4 nitrogen and oxygen atoms in total. The normalized spacial score (nSPS) is 15.4. The first-order chi connectivity index (χ1) is 13.0. The number of amides is 1. The van der Waals surface area contributed by atoms with E-state index >= 15 is 0 Å². The standard InChI is InChI=1S/C21H26FN3OS/c1-4-5-9-24-10-6-11-25(13-12-24)21(26)19-16(3)23-20(27-19)17-8-7-15(2)14-18(17)22/h5,7-9,14H,4,6,10-13H2,1-3H3/b9-5+. The Morgan fingerprint density at radius 2 is 2.07 bits per heavy atom. The third-order valence-electron chi connectivity index (χ3n) is 4.72. The zero-order valence-electron chi connectivity index (χ0n) is 16.2. The Morgan fingerprint density at radius 1 is 1.26 bits per heavy atom. The van der Waals surface area contributed by atoms with Gasteiger partial charge in [-0.05, 0) is 50.6 Å². The first kappa shape index (κ1) is 19.5. The lowest BCUT2D eigenvalue weighted by Crippen LogP contribution is -2.34. The summed E-state index contributed by atoms with van der Waals surface area (Å²) in [4.78, 5) is 22.3. The molecule has 1 saturated heterocycles. The van der Waals surface area contributed by atoms with Gasteiger partial charge in [-0.2, -0.15) is 0 Å². The van der Waals surface area contributed by atoms with Gasteiger partial charge < -0.3 is 9.80 Å². The van der Waals surface area contributed by atoms with Gasteiger partial charge in [-0.3, -0.25) is 4.79 Å². The van der Waals surface area contributed by atoms with Crippen LogP contribution in [0.15, 0.2) is 30.5 Å². The van der Waals surface area contributed by atoms with Crippen molar-refractivity contribution in [2.75, 3.05) is 26.2 Å². The summed E-state index contributed by atoms with van der Waals surface area (Å²) in [5.41, 5.74) is 2.00. The van der Waals surface area contributed by atoms with E-state index in [1.165, 1.54) is 17.4 Å². The lowest BCUT2D eigenvalue weighted by molar-refractivity contribution is 0.0767. The molecule has 0 unspecified atom stereocenters. The number of carbonyl (C=O) groups excluding carboxylic acids is 1. The second kappa shape index (κ2) is 8.65. The fourth-order valence-corrected chi connectivity index (χ4v) is 4.25. The van der Waals surface area contributed by atoms with Gasteiger partial charge in [0.2, 0.25) is 0 Å². The maximum Gasteiger partial charge on any atom is 0.265 e. The van der Waals surface area contributed by atoms with E-state index in [0.717, 1.165) is 38.0 Å². The molecular weight excluding hydrogens is 361 g/mol. The van der Waals surface area contributed by atoms with Crippen LogP contribution in [-0.4, -0.2) is 46.9 Å². The van der Waals surface area contributed by atoms with Crippen molar-refractivity contribution in [3.63, 3.8) is 0 Å². The maximum atomic E-state index is 14.3. The molecule has 0 bridgehead atoms. The van der Waals surface area contributed by atoms with Gasteiger partial charge in [0.15, 0.2) is 0 Å². The highest BCUT2D eigenvalue weighted by molar-refractivity contribution is 7.17. The van der Waals surface area contributed by atoms with Crippen molar-refractivity contribution in [1.29, 1.82) is 0 Å². The summed E-state index contributed by atoms with van der Waals surface area (Å²) in [5.74, 6) is -0.291. The third-order valence-corrected chi connectivity index (χ3v) is 5.89. The molecule has 1 aliphatic rings. The number of thiazole rings is 1. The lowest BCUT2D eigenvalue weighted by atomic mass is 10.1. The van der Waals surface area contributed by atoms with Crippen molar-refractivity contribution in [3.05, 3.63) is 52.4 Å². The number of benzene rings is 1. The van der Waals surface area contributed by atoms with Crippen molar-refractivity contribution in [2.45, 2.75) is 33.6 Å². The second-order valence-corrected chi connectivity index (χ2v) is 7.89. The highest BCUT2D eigenvalue weighted by Gasteiger charge is 2.24. The molecule has 1 amide bonds. The van der Waals surface area contributed by atoms with Crippen LogP contribution in [0, 0.1) is 19.7 Å². The van der Waals surface area contributed by atoms with Gasteiger partial charge >= 0.3 is 0 Å². The van der Waals surface area contributed by atoms with Crippen molar-refractivity contribution in [1.82, 2.24) is 14.8 Å². The highest BCUT2D eigenvalue weighted by atomic mass is 32.1. The molecule has 2 aromatic rings. The Hall–Kier alpha value is -2.21. The van der Waals surface area contributed by atoms with E-state index in [2.05, 4.69) is 29.1 Å². The molecule has 144 valence electrons. The van der Waals surface area contributed by atoms with Crippen molar-refractivity contribution >= 4 is 17.2 Å². The Bertz CT molecular complexity index is 846. The SMILES string of the molecule is CC/C=C/N1CCCN(C(=O)c2sc(-c3ccc(C)cc3F)nc2C)CC1. The molecule has 1 aliphatic heterocycles. The quantitative estimate of drug-likeness (QED) is 0.767. The first-order valence-electron chi connectivity index (χ1n) is 9.43. The van der Waals surface area contributed by atoms with Gasteiger partial charge in [0.25, 0.3) is 5.91 Å². The molecular formula is C21H26FN3OS. The summed E-state index contributed by atoms with van der Waals surface area (Å²) in [5, 5.41) is 0.565. The van der Waals surface area contributed by atoms with Crippen LogP contribution in [0.25, 0.3) is 10.6 Å². The number of carbonyl (C=O) groups is 1. The molecule has 27 heavy (non-hydrogen) atoms. The van der Waals surface area contributed by atoms with E-state index < -0.39 is 0 Å². The van der Waals surface area contributed by atoms with Gasteiger partial charge in [-0.25, -0.2) is 9.37 Å². The molecule has 0 atom stereocenters. The van der Waals surface area contributed by atoms with E-state index in [9.17, 15) is 9.18 Å². The van der Waals surface area contributed by atoms with Gasteiger partial charge in [0, 0.05) is 31.7 Å². The number of rotatable bonds is 4. The fourth-order valence-electron chi connectivity index (χ4n) is 3.19. The average Bonchev–Trinajstić information content (AvgIpc) is 2.87. The number of aromatic nitrogens is 1. The largest absolute Gasteiger partial charge is 0.376 e. The summed E-state index contributed by atoms with van der Waals surface area (Å²) < 4.78 is 14.3. The molecule has 2 heterocycles. The molecule has 0 aliphatic carbocycles. The molecule has 0 saturated carbocycles. The van der Waals surface area contributed by atoms with Gasteiger partial charge in [0.1, 0.15) is 15.7 Å². The average molecular weight is 388 g/mol. The summed E-state index contributed by atoms with van der Waals surface area (Å²) in [6.07, 6.45) is 6.23. The van der Waals surface area contributed by atoms with E-state index in [1.807, 2.05) is 24.8 Å². The lowest BCUT2D eigenvalue weighted by Gasteiger charge is -2.20. The van der Waals surface area contributed by atoms with Gasteiger partial charge in [0.05, 0.1) is 5.69 Å². The summed E-state index contributed by atoms with van der Waals surface area (Å²) in [7, 11) is 0. The molecule has 6 heteroatoms. The Kier molecular flexibility index (Phi) is 6.26. The molecule has 0 radical (unpaired) electrons. The van der Waals surface area contributed by atoms with Crippen LogP contribution in [0.4, 0.5) is 4.39 Å². The topological polar surface area (TPSA) is 36.4 Å². The van der Waals surface area contributed by atoms with Crippen LogP contribution in [0.5, 0.6) is 0 Å². The van der Waals surface area contributed by atoms with Gasteiger partial charge in [-0.1, -0.05) is 19.1 Å². The smallest absolute Gasteiger partial charge is 0.265 e. The van der Waals surface area contributed by atoms with Crippen molar-refractivity contribution in [3.8, 4) is 10.6 Å². The van der Waals surface area contributed by atoms with Gasteiger partial charge in [-0.15, -0.1) is 11.3 Å². The predicted octanol–water partition coefficient (Wildman–Crippen LogP) is 4.64. The molecule has 1 aromatic carbocycles. The predicted molar refractivity (Wildman–Crippen MR) is 109 cm³/mol. The molecule has 0 spiro atoms. The highest BCUT2D eigenvalue weighted by Crippen LogP contribution is 2.31. The zero-order valence-corrected chi connectivity index (χ0v) is 17.0. The van der Waals surface area contributed by atoms with Crippen LogP contribution >= 0.6 is 11.3 Å². The minimum atomic E-state index is -0.295. The number of aryl methyl sites for hydroxylation is 2. The molecule has 1 aromatic heterocycles. The Labute approximate surface area is 164 Å². The number of hydrogen-bond donors (Lipinski definition) is 0. The third kappa shape index (κ3) is 4.56. The van der Waals surface area contributed by atoms with E-state index in [1.54, 1.807) is 6.07 Å². The summed E-state index contributed by atoms with van der Waals surface area (Å²) in [6.45, 7) is 9.02. The minimum absolute atomic E-state index is 0.00471. The van der Waals surface area contributed by atoms with E-state index in [4.69, 9.17) is 0 Å². The number of allylic oxidation sites excluding steroid dienone is 1. The maximum absolute atomic E-state index is 14.3. The number of halogens is 1. The van der Waals surface area contributed by atoms with Crippen LogP contribution in [0.2, 0.25) is 0 Å². The van der Waals surface area contributed by atoms with Crippen LogP contribution in [0.3, 0.4) is 0 Å². The number of nitrogens with zero attached hydrogens (tertiary/aromatic N) is 3. The van der Waals surface area contributed by atoms with Crippen molar-refractivity contribution in [2.24, 2.45) is 0 Å². The Morgan fingerprint density at radius 3 is 2.81 bits per heavy atom. The van der Waals surface area contributed by atoms with E-state index in [0.29, 0.717) is 27.7 Å². The van der Waals surface area contributed by atoms with Crippen LogP contribution in [-0.2, 0) is 0 Å². The molecule has 0 N–H and O–H groups in total. The molecule has 1 fully saturated rings. The minimum Gasteiger partial charge on any atom is -0.376 e. The number of hydrogen-bond acceptors (Lipinski definition) is 4. The van der Waals surface area contributed by atoms with Crippen molar-refractivity contribution < 1.29 is 9.18 Å². The first-order valence-corrected chi connectivity index (χ1v) is 10.2. The summed E-state index contributed by atoms with van der Waals surface area (Å²) in [6, 6.07) is 5.10. The van der Waals surface area contributed by atoms with Crippen LogP contribution < -0.4 is 0 Å². The monoisotopic (exact) mass is 387 g/mol. The van der Waals surface area contributed by atoms with E-state index in [-0.39, 0.29) is 11.7 Å². The zero-order chi connectivity index (χ0) is 19.4. The second-order valence-electron chi connectivity index (χ2n) is 6.89. The Balaban J connectivity index is 1.77. The fraction of sp³-hybridized carbons (Fsp3) is 0.429. The van der Waals surface area contributed by atoms with Crippen LogP contribution in [0.1, 0.15) is 40.7 Å².